The Balaban J connectivity index is 1.34. The van der Waals surface area contributed by atoms with E-state index in [1.807, 2.05) is 12.1 Å². The predicted octanol–water partition coefficient (Wildman–Crippen LogP) is 9.22. The molecule has 3 aromatic rings. The van der Waals surface area contributed by atoms with E-state index in [1.54, 1.807) is 12.1 Å². The van der Waals surface area contributed by atoms with Gasteiger partial charge < -0.3 is 4.74 Å². The molecular formula is C30H32ClFO2. The van der Waals surface area contributed by atoms with E-state index in [-0.39, 0.29) is 10.8 Å². The first-order valence-electron chi connectivity index (χ1n) is 12.4. The lowest BCUT2D eigenvalue weighted by atomic mass is 9.77. The van der Waals surface area contributed by atoms with Crippen LogP contribution in [0, 0.1) is 11.7 Å². The Morgan fingerprint density at radius 1 is 0.912 bits per heavy atom. The number of ether oxygens (including phenoxy) is 1. The van der Waals surface area contributed by atoms with Gasteiger partial charge in [-0.3, -0.25) is 0 Å². The van der Waals surface area contributed by atoms with Crippen molar-refractivity contribution in [1.29, 1.82) is 0 Å². The molecule has 3 aromatic carbocycles. The van der Waals surface area contributed by atoms with Crippen LogP contribution in [0.1, 0.15) is 80.1 Å². The predicted molar refractivity (Wildman–Crippen MR) is 137 cm³/mol. The van der Waals surface area contributed by atoms with Gasteiger partial charge in [-0.15, -0.1) is 0 Å². The summed E-state index contributed by atoms with van der Waals surface area (Å²) in [6.45, 7) is 2.27. The number of halogens is 2. The maximum atomic E-state index is 13.2. The highest BCUT2D eigenvalue weighted by molar-refractivity contribution is 6.32. The summed E-state index contributed by atoms with van der Waals surface area (Å²) in [4.78, 5) is 12.4. The Morgan fingerprint density at radius 3 is 2.18 bits per heavy atom. The number of hydrogen-bond donors (Lipinski definition) is 0. The van der Waals surface area contributed by atoms with Gasteiger partial charge in [0.25, 0.3) is 0 Å². The zero-order valence-electron chi connectivity index (χ0n) is 19.7. The van der Waals surface area contributed by atoms with Crippen molar-refractivity contribution in [3.05, 3.63) is 88.7 Å². The van der Waals surface area contributed by atoms with Crippen molar-refractivity contribution < 1.29 is 13.9 Å². The first-order chi connectivity index (χ1) is 16.5. The van der Waals surface area contributed by atoms with Gasteiger partial charge in [0.15, 0.2) is 0 Å². The maximum Gasteiger partial charge on any atom is 0.343 e. The Morgan fingerprint density at radius 2 is 1.56 bits per heavy atom. The van der Waals surface area contributed by atoms with E-state index >= 15 is 0 Å². The quantitative estimate of drug-likeness (QED) is 0.183. The van der Waals surface area contributed by atoms with Gasteiger partial charge >= 0.3 is 5.97 Å². The van der Waals surface area contributed by atoms with Gasteiger partial charge in [-0.1, -0.05) is 80.6 Å². The summed E-state index contributed by atoms with van der Waals surface area (Å²) in [6.07, 6.45) is 10.8. The molecule has 0 unspecified atom stereocenters. The van der Waals surface area contributed by atoms with Crippen molar-refractivity contribution in [3.8, 4) is 16.9 Å². The maximum absolute atomic E-state index is 13.2. The topological polar surface area (TPSA) is 26.3 Å². The minimum absolute atomic E-state index is 0.0649. The molecule has 4 heteroatoms. The van der Waals surface area contributed by atoms with Crippen LogP contribution >= 0.6 is 11.6 Å². The number of hydrogen-bond acceptors (Lipinski definition) is 2. The first-order valence-corrected chi connectivity index (χ1v) is 12.8. The van der Waals surface area contributed by atoms with Crippen LogP contribution in [0.2, 0.25) is 5.02 Å². The van der Waals surface area contributed by atoms with E-state index in [2.05, 4.69) is 31.2 Å². The fourth-order valence-electron chi connectivity index (χ4n) is 4.93. The molecular weight excluding hydrogens is 447 g/mol. The van der Waals surface area contributed by atoms with Crippen molar-refractivity contribution in [2.45, 2.75) is 64.2 Å². The molecule has 0 amide bonds. The molecule has 0 aromatic heterocycles. The molecule has 0 saturated heterocycles. The number of rotatable bonds is 8. The molecule has 1 aliphatic rings. The molecule has 0 heterocycles. The highest BCUT2D eigenvalue weighted by Crippen LogP contribution is 2.38. The van der Waals surface area contributed by atoms with Crippen molar-refractivity contribution in [2.75, 3.05) is 0 Å². The summed E-state index contributed by atoms with van der Waals surface area (Å²) in [7, 11) is 0. The van der Waals surface area contributed by atoms with E-state index in [0.717, 1.165) is 23.1 Å². The van der Waals surface area contributed by atoms with Crippen molar-refractivity contribution in [2.24, 2.45) is 5.92 Å². The van der Waals surface area contributed by atoms with E-state index in [4.69, 9.17) is 16.3 Å². The molecule has 0 radical (unpaired) electrons. The molecule has 0 atom stereocenters. The summed E-state index contributed by atoms with van der Waals surface area (Å²) in [5.74, 6) is 0.733. The fraction of sp³-hybridized carbons (Fsp3) is 0.367. The Kier molecular flexibility index (Phi) is 8.39. The third-order valence-electron chi connectivity index (χ3n) is 7.00. The monoisotopic (exact) mass is 478 g/mol. The van der Waals surface area contributed by atoms with Gasteiger partial charge in [-0.25, -0.2) is 9.18 Å². The SMILES string of the molecule is CCCCCC1CCC(c2ccc(-c3ccc(C(=O)Oc4ccc(F)cc4Cl)cc3)cc2)CC1. The smallest absolute Gasteiger partial charge is 0.343 e. The molecule has 0 aliphatic heterocycles. The summed E-state index contributed by atoms with van der Waals surface area (Å²) in [5.41, 5.74) is 4.02. The summed E-state index contributed by atoms with van der Waals surface area (Å²) < 4.78 is 18.5. The third-order valence-corrected chi connectivity index (χ3v) is 7.29. The number of carbonyl (C=O) groups is 1. The molecule has 2 nitrogen and oxygen atoms in total. The van der Waals surface area contributed by atoms with Gasteiger partial charge in [-0.2, -0.15) is 0 Å². The van der Waals surface area contributed by atoms with E-state index < -0.39 is 11.8 Å². The average Bonchev–Trinajstić information content (AvgIpc) is 2.86. The van der Waals surface area contributed by atoms with Gasteiger partial charge in [0.2, 0.25) is 0 Å². The van der Waals surface area contributed by atoms with Crippen LogP contribution in [0.25, 0.3) is 11.1 Å². The van der Waals surface area contributed by atoms with Crippen LogP contribution < -0.4 is 4.74 Å². The molecule has 0 N–H and O–H groups in total. The number of carbonyl (C=O) groups excluding carboxylic acids is 1. The molecule has 0 bridgehead atoms. The van der Waals surface area contributed by atoms with E-state index in [9.17, 15) is 9.18 Å². The zero-order valence-corrected chi connectivity index (χ0v) is 20.5. The fourth-order valence-corrected chi connectivity index (χ4v) is 5.14. The number of esters is 1. The Hall–Kier alpha value is -2.65. The van der Waals surface area contributed by atoms with Gasteiger partial charge in [0, 0.05) is 0 Å². The lowest BCUT2D eigenvalue weighted by molar-refractivity contribution is 0.0734. The van der Waals surface area contributed by atoms with Crippen LogP contribution in [-0.2, 0) is 0 Å². The van der Waals surface area contributed by atoms with Crippen molar-refractivity contribution >= 4 is 17.6 Å². The third kappa shape index (κ3) is 6.27. The van der Waals surface area contributed by atoms with Crippen LogP contribution in [0.4, 0.5) is 4.39 Å². The second-order valence-corrected chi connectivity index (χ2v) is 9.78. The van der Waals surface area contributed by atoms with Crippen LogP contribution in [0.15, 0.2) is 66.7 Å². The highest BCUT2D eigenvalue weighted by Gasteiger charge is 2.22. The second-order valence-electron chi connectivity index (χ2n) is 9.38. The summed E-state index contributed by atoms with van der Waals surface area (Å²) in [6, 6.07) is 19.9. The first kappa shape index (κ1) is 24.5. The van der Waals surface area contributed by atoms with Crippen molar-refractivity contribution in [3.63, 3.8) is 0 Å². The molecule has 178 valence electrons. The Bertz CT molecular complexity index is 1080. The summed E-state index contributed by atoms with van der Waals surface area (Å²) >= 11 is 5.95. The molecule has 0 spiro atoms. The molecule has 1 fully saturated rings. The van der Waals surface area contributed by atoms with E-state index in [0.29, 0.717) is 11.5 Å². The van der Waals surface area contributed by atoms with Gasteiger partial charge in [0.1, 0.15) is 11.6 Å². The largest absolute Gasteiger partial charge is 0.421 e. The lowest BCUT2D eigenvalue weighted by Gasteiger charge is -2.29. The van der Waals surface area contributed by atoms with Crippen LogP contribution in [0.5, 0.6) is 5.75 Å². The van der Waals surface area contributed by atoms with Gasteiger partial charge in [-0.05, 0) is 84.5 Å². The minimum Gasteiger partial charge on any atom is -0.421 e. The molecule has 34 heavy (non-hydrogen) atoms. The van der Waals surface area contributed by atoms with Crippen LogP contribution in [-0.4, -0.2) is 5.97 Å². The molecule has 1 aliphatic carbocycles. The molecule has 4 rings (SSSR count). The lowest BCUT2D eigenvalue weighted by Crippen LogP contribution is -2.13. The van der Waals surface area contributed by atoms with Gasteiger partial charge in [0.05, 0.1) is 10.6 Å². The van der Waals surface area contributed by atoms with E-state index in [1.165, 1.54) is 69.1 Å². The highest BCUT2D eigenvalue weighted by atomic mass is 35.5. The average molecular weight is 479 g/mol. The standard InChI is InChI=1S/C30H32ClFO2/c1-2-3-4-5-21-6-8-22(9-7-21)23-10-12-24(13-11-23)25-14-16-26(17-15-25)30(33)34-29-19-18-27(32)20-28(29)31/h10-22H,2-9H2,1H3. The zero-order chi connectivity index (χ0) is 23.9. The number of benzene rings is 3. The normalized spacial score (nSPS) is 18.0. The minimum atomic E-state index is -0.527. The number of unbranched alkanes of at least 4 members (excludes halogenated alkanes) is 2. The van der Waals surface area contributed by atoms with Crippen molar-refractivity contribution in [1.82, 2.24) is 0 Å². The second kappa shape index (κ2) is 11.7. The Labute approximate surface area is 207 Å². The summed E-state index contributed by atoms with van der Waals surface area (Å²) in [5, 5.41) is 0.0649. The van der Waals surface area contributed by atoms with Crippen LogP contribution in [0.3, 0.4) is 0 Å². The molecule has 1 saturated carbocycles.